The van der Waals surface area contributed by atoms with Gasteiger partial charge in [-0.25, -0.2) is 15.0 Å². The number of nitrogens with zero attached hydrogens (tertiary/aromatic N) is 3. The van der Waals surface area contributed by atoms with E-state index in [2.05, 4.69) is 72.8 Å². The second-order valence-corrected chi connectivity index (χ2v) is 10.1. The second kappa shape index (κ2) is 9.54. The number of para-hydroxylation sites is 1. The molecular formula is C37H23N3O. The fourth-order valence-corrected chi connectivity index (χ4v) is 5.54. The topological polar surface area (TPSA) is 51.8 Å². The fraction of sp³-hybridized carbons (Fsp3) is 0. The maximum Gasteiger partial charge on any atom is 0.164 e. The Labute approximate surface area is 236 Å². The highest BCUT2D eigenvalue weighted by atomic mass is 16.3. The van der Waals surface area contributed by atoms with Crippen LogP contribution in [0.25, 0.3) is 78.0 Å². The Morgan fingerprint density at radius 1 is 0.366 bits per heavy atom. The molecule has 8 rings (SSSR count). The molecule has 192 valence electrons. The molecule has 41 heavy (non-hydrogen) atoms. The lowest BCUT2D eigenvalue weighted by atomic mass is 9.99. The van der Waals surface area contributed by atoms with Crippen molar-refractivity contribution < 1.29 is 4.42 Å². The van der Waals surface area contributed by atoms with Crippen LogP contribution in [0.3, 0.4) is 0 Å². The zero-order valence-electron chi connectivity index (χ0n) is 22.0. The van der Waals surface area contributed by atoms with E-state index in [9.17, 15) is 0 Å². The van der Waals surface area contributed by atoms with E-state index in [-0.39, 0.29) is 0 Å². The summed E-state index contributed by atoms with van der Waals surface area (Å²) in [4.78, 5) is 15.1. The average Bonchev–Trinajstić information content (AvgIpc) is 3.44. The Morgan fingerprint density at radius 2 is 0.927 bits per heavy atom. The van der Waals surface area contributed by atoms with Crippen molar-refractivity contribution in [2.24, 2.45) is 0 Å². The first-order valence-corrected chi connectivity index (χ1v) is 13.6. The van der Waals surface area contributed by atoms with Gasteiger partial charge in [0.25, 0.3) is 0 Å². The van der Waals surface area contributed by atoms with Crippen molar-refractivity contribution in [3.8, 4) is 45.3 Å². The van der Waals surface area contributed by atoms with E-state index in [1.54, 1.807) is 0 Å². The summed E-state index contributed by atoms with van der Waals surface area (Å²) in [7, 11) is 0. The number of benzene rings is 6. The van der Waals surface area contributed by atoms with Crippen molar-refractivity contribution in [3.05, 3.63) is 140 Å². The molecule has 4 nitrogen and oxygen atoms in total. The molecule has 2 heterocycles. The van der Waals surface area contributed by atoms with Gasteiger partial charge in [0.15, 0.2) is 17.5 Å². The van der Waals surface area contributed by atoms with Crippen LogP contribution in [-0.4, -0.2) is 15.0 Å². The van der Waals surface area contributed by atoms with E-state index in [1.165, 1.54) is 0 Å². The molecule has 0 amide bonds. The molecule has 2 aromatic heterocycles. The number of hydrogen-bond acceptors (Lipinski definition) is 4. The largest absolute Gasteiger partial charge is 0.455 e. The summed E-state index contributed by atoms with van der Waals surface area (Å²) in [6.45, 7) is 0. The summed E-state index contributed by atoms with van der Waals surface area (Å²) in [5, 5.41) is 4.19. The molecular weight excluding hydrogens is 502 g/mol. The molecule has 0 radical (unpaired) electrons. The third-order valence-corrected chi connectivity index (χ3v) is 7.52. The molecule has 4 heteroatoms. The third kappa shape index (κ3) is 4.05. The molecule has 0 N–H and O–H groups in total. The van der Waals surface area contributed by atoms with Crippen molar-refractivity contribution in [1.82, 2.24) is 15.0 Å². The predicted molar refractivity (Wildman–Crippen MR) is 166 cm³/mol. The van der Waals surface area contributed by atoms with Gasteiger partial charge in [-0.3, -0.25) is 0 Å². The summed E-state index contributed by atoms with van der Waals surface area (Å²) in [5.74, 6) is 1.90. The van der Waals surface area contributed by atoms with Crippen molar-refractivity contribution >= 4 is 32.7 Å². The first kappa shape index (κ1) is 23.3. The molecule has 6 aromatic carbocycles. The summed E-state index contributed by atoms with van der Waals surface area (Å²) < 4.78 is 6.34. The average molecular weight is 526 g/mol. The fourth-order valence-electron chi connectivity index (χ4n) is 5.54. The van der Waals surface area contributed by atoms with Gasteiger partial charge < -0.3 is 4.42 Å². The van der Waals surface area contributed by atoms with Gasteiger partial charge in [0.2, 0.25) is 0 Å². The Balaban J connectivity index is 1.40. The van der Waals surface area contributed by atoms with Crippen LogP contribution in [0, 0.1) is 0 Å². The molecule has 0 aliphatic rings. The molecule has 0 spiro atoms. The number of furan rings is 1. The minimum Gasteiger partial charge on any atom is -0.455 e. The van der Waals surface area contributed by atoms with Crippen LogP contribution in [-0.2, 0) is 0 Å². The first-order chi connectivity index (χ1) is 20.3. The van der Waals surface area contributed by atoms with E-state index in [0.29, 0.717) is 17.5 Å². The Kier molecular flexibility index (Phi) is 5.42. The highest BCUT2D eigenvalue weighted by molar-refractivity contribution is 6.18. The minimum absolute atomic E-state index is 0.627. The quantitative estimate of drug-likeness (QED) is 0.230. The standard InChI is InChI=1S/C37H23N3O/c1-3-12-24(13-4-1)26-16-11-17-27(22-26)36-38-35(25-14-5-2-6-15-25)39-37(40-36)32-23-31-29-19-9-10-21-33(29)41-34(31)30-20-8-7-18-28(30)32/h1-23H. The smallest absolute Gasteiger partial charge is 0.164 e. The van der Waals surface area contributed by atoms with Gasteiger partial charge in [-0.05, 0) is 34.7 Å². The molecule has 0 aliphatic heterocycles. The number of aromatic nitrogens is 3. The van der Waals surface area contributed by atoms with Gasteiger partial charge in [-0.2, -0.15) is 0 Å². The zero-order valence-corrected chi connectivity index (χ0v) is 22.0. The Hall–Kier alpha value is -5.61. The summed E-state index contributed by atoms with van der Waals surface area (Å²) >= 11 is 0. The molecule has 0 atom stereocenters. The molecule has 0 bridgehead atoms. The van der Waals surface area contributed by atoms with E-state index in [1.807, 2.05) is 66.7 Å². The highest BCUT2D eigenvalue weighted by Crippen LogP contribution is 2.39. The summed E-state index contributed by atoms with van der Waals surface area (Å²) in [6.07, 6.45) is 0. The summed E-state index contributed by atoms with van der Waals surface area (Å²) in [5.41, 5.74) is 6.82. The normalized spacial score (nSPS) is 11.4. The maximum atomic E-state index is 6.34. The first-order valence-electron chi connectivity index (χ1n) is 13.6. The van der Waals surface area contributed by atoms with Crippen molar-refractivity contribution in [2.75, 3.05) is 0 Å². The third-order valence-electron chi connectivity index (χ3n) is 7.52. The van der Waals surface area contributed by atoms with Gasteiger partial charge in [0.1, 0.15) is 11.2 Å². The van der Waals surface area contributed by atoms with Crippen LogP contribution < -0.4 is 0 Å². The van der Waals surface area contributed by atoms with Crippen LogP contribution in [0.1, 0.15) is 0 Å². The molecule has 8 aromatic rings. The van der Waals surface area contributed by atoms with E-state index >= 15 is 0 Å². The minimum atomic E-state index is 0.627. The van der Waals surface area contributed by atoms with Crippen molar-refractivity contribution in [2.45, 2.75) is 0 Å². The number of rotatable bonds is 4. The lowest BCUT2D eigenvalue weighted by Gasteiger charge is -2.11. The SMILES string of the molecule is c1ccc(-c2cccc(-c3nc(-c4ccccc4)nc(-c4cc5c6ccccc6oc5c5ccccc45)n3)c2)cc1. The van der Waals surface area contributed by atoms with Gasteiger partial charge >= 0.3 is 0 Å². The van der Waals surface area contributed by atoms with Crippen LogP contribution in [0.2, 0.25) is 0 Å². The van der Waals surface area contributed by atoms with Crippen LogP contribution in [0.4, 0.5) is 0 Å². The predicted octanol–water partition coefficient (Wildman–Crippen LogP) is 9.59. The molecule has 0 fully saturated rings. The van der Waals surface area contributed by atoms with Gasteiger partial charge in [-0.15, -0.1) is 0 Å². The molecule has 0 saturated carbocycles. The summed E-state index contributed by atoms with van der Waals surface area (Å²) in [6, 6.07) is 47.5. The van der Waals surface area contributed by atoms with Crippen molar-refractivity contribution in [1.29, 1.82) is 0 Å². The number of hydrogen-bond donors (Lipinski definition) is 0. The molecule has 0 aliphatic carbocycles. The molecule has 0 unspecified atom stereocenters. The Morgan fingerprint density at radius 3 is 1.71 bits per heavy atom. The van der Waals surface area contributed by atoms with E-state index < -0.39 is 0 Å². The van der Waals surface area contributed by atoms with E-state index in [0.717, 1.165) is 60.5 Å². The lowest BCUT2D eigenvalue weighted by Crippen LogP contribution is -2.00. The van der Waals surface area contributed by atoms with Crippen LogP contribution in [0.5, 0.6) is 0 Å². The lowest BCUT2D eigenvalue weighted by molar-refractivity contribution is 0.672. The second-order valence-electron chi connectivity index (χ2n) is 10.1. The Bertz CT molecular complexity index is 2200. The molecule has 0 saturated heterocycles. The van der Waals surface area contributed by atoms with Gasteiger partial charge in [0.05, 0.1) is 0 Å². The van der Waals surface area contributed by atoms with Crippen LogP contribution in [0.15, 0.2) is 144 Å². The monoisotopic (exact) mass is 525 g/mol. The van der Waals surface area contributed by atoms with Gasteiger partial charge in [0, 0.05) is 32.8 Å². The van der Waals surface area contributed by atoms with Crippen LogP contribution >= 0.6 is 0 Å². The van der Waals surface area contributed by atoms with Crippen molar-refractivity contribution in [3.63, 3.8) is 0 Å². The zero-order chi connectivity index (χ0) is 27.2. The maximum absolute atomic E-state index is 6.34. The van der Waals surface area contributed by atoms with E-state index in [4.69, 9.17) is 19.4 Å². The van der Waals surface area contributed by atoms with Gasteiger partial charge in [-0.1, -0.05) is 121 Å². The number of fused-ring (bicyclic) bond motifs is 5. The highest BCUT2D eigenvalue weighted by Gasteiger charge is 2.18.